The summed E-state index contributed by atoms with van der Waals surface area (Å²) in [6, 6.07) is 1.75. The molecule has 1 aliphatic carbocycles. The predicted molar refractivity (Wildman–Crippen MR) is 96.5 cm³/mol. The Morgan fingerprint density at radius 1 is 1.36 bits per heavy atom. The van der Waals surface area contributed by atoms with Gasteiger partial charge in [-0.2, -0.15) is 0 Å². The SMILES string of the molecule is CC(C)N1CNC=C1C1CCCCC1COc1c[nH]c(=O)cc1C=O. The molecular weight excluding hydrogens is 318 g/mol. The number of aromatic nitrogens is 1. The van der Waals surface area contributed by atoms with Crippen LogP contribution in [0, 0.1) is 11.8 Å². The lowest BCUT2D eigenvalue weighted by Crippen LogP contribution is -2.37. The van der Waals surface area contributed by atoms with Crippen LogP contribution < -0.4 is 15.6 Å². The minimum absolute atomic E-state index is 0.292. The maximum absolute atomic E-state index is 11.3. The molecule has 2 N–H and O–H groups in total. The van der Waals surface area contributed by atoms with Gasteiger partial charge in [0.1, 0.15) is 5.75 Å². The fourth-order valence-electron chi connectivity index (χ4n) is 3.91. The van der Waals surface area contributed by atoms with Crippen molar-refractivity contribution in [1.82, 2.24) is 15.2 Å². The third-order valence-corrected chi connectivity index (χ3v) is 5.25. The molecule has 1 fully saturated rings. The standard InChI is InChI=1S/C19H27N3O3/c1-13(2)22-12-20-8-17(22)16-6-4-3-5-14(16)11-25-18-9-21-19(24)7-15(18)10-23/h7-10,13-14,16,20H,3-6,11-12H2,1-2H3,(H,21,24). The van der Waals surface area contributed by atoms with Gasteiger partial charge in [0.05, 0.1) is 18.8 Å². The number of carbonyl (C=O) groups is 1. The number of nitrogens with one attached hydrogen (secondary N) is 2. The quantitative estimate of drug-likeness (QED) is 0.775. The highest BCUT2D eigenvalue weighted by molar-refractivity contribution is 5.78. The second kappa shape index (κ2) is 7.76. The smallest absolute Gasteiger partial charge is 0.248 e. The van der Waals surface area contributed by atoms with Gasteiger partial charge in [-0.25, -0.2) is 0 Å². The lowest BCUT2D eigenvalue weighted by atomic mass is 9.77. The molecule has 3 rings (SSSR count). The molecule has 0 bridgehead atoms. The van der Waals surface area contributed by atoms with Gasteiger partial charge in [0, 0.05) is 42.0 Å². The van der Waals surface area contributed by atoms with Crippen molar-refractivity contribution >= 4 is 6.29 Å². The summed E-state index contributed by atoms with van der Waals surface area (Å²) in [5, 5.41) is 3.36. The fourth-order valence-corrected chi connectivity index (χ4v) is 3.91. The summed E-state index contributed by atoms with van der Waals surface area (Å²) in [4.78, 5) is 27.5. The summed E-state index contributed by atoms with van der Waals surface area (Å²) >= 11 is 0. The highest BCUT2D eigenvalue weighted by Crippen LogP contribution is 2.38. The van der Waals surface area contributed by atoms with E-state index in [4.69, 9.17) is 4.74 Å². The van der Waals surface area contributed by atoms with Crippen molar-refractivity contribution < 1.29 is 9.53 Å². The molecule has 25 heavy (non-hydrogen) atoms. The first-order valence-corrected chi connectivity index (χ1v) is 9.11. The van der Waals surface area contributed by atoms with E-state index >= 15 is 0 Å². The van der Waals surface area contributed by atoms with E-state index in [1.165, 1.54) is 30.8 Å². The molecule has 2 heterocycles. The highest BCUT2D eigenvalue weighted by atomic mass is 16.5. The van der Waals surface area contributed by atoms with Crippen LogP contribution in [0.25, 0.3) is 0 Å². The van der Waals surface area contributed by atoms with Gasteiger partial charge in [-0.15, -0.1) is 0 Å². The number of H-pyrrole nitrogens is 1. The topological polar surface area (TPSA) is 74.4 Å². The van der Waals surface area contributed by atoms with E-state index in [9.17, 15) is 9.59 Å². The molecule has 0 spiro atoms. The molecule has 1 aromatic rings. The van der Waals surface area contributed by atoms with Gasteiger partial charge in [0.25, 0.3) is 0 Å². The maximum Gasteiger partial charge on any atom is 0.248 e. The Morgan fingerprint density at radius 3 is 2.92 bits per heavy atom. The zero-order valence-corrected chi connectivity index (χ0v) is 15.0. The van der Waals surface area contributed by atoms with Crippen LogP contribution in [0.4, 0.5) is 0 Å². The van der Waals surface area contributed by atoms with E-state index in [1.54, 1.807) is 0 Å². The summed E-state index contributed by atoms with van der Waals surface area (Å²) in [6.45, 7) is 5.85. The molecule has 0 amide bonds. The molecule has 0 aromatic carbocycles. The van der Waals surface area contributed by atoms with Crippen LogP contribution in [0.5, 0.6) is 5.75 Å². The summed E-state index contributed by atoms with van der Waals surface area (Å²) in [5.74, 6) is 1.33. The molecule has 2 unspecified atom stereocenters. The van der Waals surface area contributed by atoms with Crippen LogP contribution >= 0.6 is 0 Å². The lowest BCUT2D eigenvalue weighted by molar-refractivity contribution is 0.111. The predicted octanol–water partition coefficient (Wildman–Crippen LogP) is 2.49. The number of aromatic amines is 1. The van der Waals surface area contributed by atoms with E-state index in [0.717, 1.165) is 19.5 Å². The van der Waals surface area contributed by atoms with Crippen LogP contribution in [0.1, 0.15) is 49.9 Å². The van der Waals surface area contributed by atoms with Gasteiger partial charge >= 0.3 is 0 Å². The Bertz CT molecular complexity index is 695. The van der Waals surface area contributed by atoms with Crippen molar-refractivity contribution in [2.45, 2.75) is 45.6 Å². The summed E-state index contributed by atoms with van der Waals surface area (Å²) in [6.07, 6.45) is 9.04. The molecule has 1 saturated carbocycles. The number of ether oxygens (including phenoxy) is 1. The number of aldehydes is 1. The highest BCUT2D eigenvalue weighted by Gasteiger charge is 2.33. The second-order valence-electron chi connectivity index (χ2n) is 7.19. The minimum atomic E-state index is -0.292. The summed E-state index contributed by atoms with van der Waals surface area (Å²) in [7, 11) is 0. The Hall–Kier alpha value is -2.24. The molecule has 6 heteroatoms. The Balaban J connectivity index is 1.72. The van der Waals surface area contributed by atoms with Crippen LogP contribution in [0.2, 0.25) is 0 Å². The molecule has 6 nitrogen and oxygen atoms in total. The second-order valence-corrected chi connectivity index (χ2v) is 7.19. The average Bonchev–Trinajstić information content (AvgIpc) is 3.10. The first-order chi connectivity index (χ1) is 12.1. The van der Waals surface area contributed by atoms with Crippen molar-refractivity contribution in [3.63, 3.8) is 0 Å². The molecule has 0 radical (unpaired) electrons. The summed E-state index contributed by atoms with van der Waals surface area (Å²) < 4.78 is 5.94. The average molecular weight is 345 g/mol. The number of hydrogen-bond donors (Lipinski definition) is 2. The molecule has 1 aromatic heterocycles. The van der Waals surface area contributed by atoms with Gasteiger partial charge < -0.3 is 19.9 Å². The van der Waals surface area contributed by atoms with E-state index in [1.807, 2.05) is 0 Å². The number of pyridine rings is 1. The third kappa shape index (κ3) is 3.89. The van der Waals surface area contributed by atoms with Crippen LogP contribution in [0.3, 0.4) is 0 Å². The fraction of sp³-hybridized carbons (Fsp3) is 0.579. The van der Waals surface area contributed by atoms with Crippen LogP contribution in [0.15, 0.2) is 29.0 Å². The van der Waals surface area contributed by atoms with Crippen LogP contribution in [-0.4, -0.2) is 35.5 Å². The van der Waals surface area contributed by atoms with Crippen molar-refractivity contribution in [2.24, 2.45) is 11.8 Å². The molecule has 136 valence electrons. The molecular formula is C19H27N3O3. The van der Waals surface area contributed by atoms with Crippen molar-refractivity contribution in [3.8, 4) is 5.75 Å². The number of nitrogens with zero attached hydrogens (tertiary/aromatic N) is 1. The number of allylic oxidation sites excluding steroid dienone is 1. The summed E-state index contributed by atoms with van der Waals surface area (Å²) in [5.41, 5.74) is 1.39. The zero-order valence-electron chi connectivity index (χ0n) is 15.0. The normalized spacial score (nSPS) is 23.3. The van der Waals surface area contributed by atoms with Crippen molar-refractivity contribution in [1.29, 1.82) is 0 Å². The molecule has 1 aliphatic heterocycles. The Morgan fingerprint density at radius 2 is 2.16 bits per heavy atom. The van der Waals surface area contributed by atoms with E-state index in [-0.39, 0.29) is 5.56 Å². The number of carbonyl (C=O) groups excluding carboxylic acids is 1. The minimum Gasteiger partial charge on any atom is -0.491 e. The molecule has 0 saturated heterocycles. The largest absolute Gasteiger partial charge is 0.491 e. The number of rotatable bonds is 6. The van der Waals surface area contributed by atoms with Crippen molar-refractivity contribution in [2.75, 3.05) is 13.3 Å². The Kier molecular flexibility index (Phi) is 5.46. The monoisotopic (exact) mass is 345 g/mol. The van der Waals surface area contributed by atoms with Gasteiger partial charge in [-0.1, -0.05) is 12.8 Å². The lowest BCUT2D eigenvalue weighted by Gasteiger charge is -2.37. The third-order valence-electron chi connectivity index (χ3n) is 5.25. The van der Waals surface area contributed by atoms with Gasteiger partial charge in [-0.05, 0) is 26.7 Å². The van der Waals surface area contributed by atoms with E-state index in [0.29, 0.717) is 42.1 Å². The van der Waals surface area contributed by atoms with Gasteiger partial charge in [0.15, 0.2) is 6.29 Å². The Labute approximate surface area is 148 Å². The van der Waals surface area contributed by atoms with E-state index < -0.39 is 0 Å². The first kappa shape index (κ1) is 17.6. The van der Waals surface area contributed by atoms with Gasteiger partial charge in [-0.3, -0.25) is 9.59 Å². The van der Waals surface area contributed by atoms with Crippen molar-refractivity contribution in [3.05, 3.63) is 40.1 Å². The maximum atomic E-state index is 11.3. The molecule has 2 aliphatic rings. The van der Waals surface area contributed by atoms with Gasteiger partial charge in [0.2, 0.25) is 5.56 Å². The van der Waals surface area contributed by atoms with E-state index in [2.05, 4.69) is 35.2 Å². The zero-order chi connectivity index (χ0) is 17.8. The number of hydrogen-bond acceptors (Lipinski definition) is 5. The molecule has 2 atom stereocenters. The first-order valence-electron chi connectivity index (χ1n) is 9.11. The van der Waals surface area contributed by atoms with Crippen LogP contribution in [-0.2, 0) is 0 Å².